The zero-order valence-electron chi connectivity index (χ0n) is 8.50. The molecule has 1 aromatic carbocycles. The Morgan fingerprint density at radius 1 is 1.31 bits per heavy atom. The third kappa shape index (κ3) is 1.43. The van der Waals surface area contributed by atoms with Gasteiger partial charge in [-0.2, -0.15) is 0 Å². The van der Waals surface area contributed by atoms with Crippen molar-refractivity contribution in [3.63, 3.8) is 0 Å². The predicted molar refractivity (Wildman–Crippen MR) is 58.0 cm³/mol. The molecule has 0 saturated heterocycles. The highest BCUT2D eigenvalue weighted by atomic mass is 16.4. The van der Waals surface area contributed by atoms with E-state index in [0.717, 1.165) is 16.7 Å². The van der Waals surface area contributed by atoms with E-state index >= 15 is 0 Å². The molecular formula is C12H10N2O2. The number of carboxylic acid groups (broad SMARTS) is 1. The van der Waals surface area contributed by atoms with Gasteiger partial charge in [-0.3, -0.25) is 9.78 Å². The first-order valence-electron chi connectivity index (χ1n) is 5.20. The van der Waals surface area contributed by atoms with Crippen LogP contribution in [0.1, 0.15) is 18.0 Å². The average molecular weight is 214 g/mol. The van der Waals surface area contributed by atoms with Crippen LogP contribution in [0.15, 0.2) is 30.5 Å². The molecule has 0 amide bonds. The van der Waals surface area contributed by atoms with E-state index in [9.17, 15) is 4.79 Å². The molecule has 1 saturated carbocycles. The van der Waals surface area contributed by atoms with Crippen molar-refractivity contribution in [1.29, 1.82) is 0 Å². The molecule has 1 heterocycles. The lowest BCUT2D eigenvalue weighted by Gasteiger charge is -2.00. The molecule has 4 nitrogen and oxygen atoms in total. The van der Waals surface area contributed by atoms with Crippen molar-refractivity contribution in [3.8, 4) is 0 Å². The van der Waals surface area contributed by atoms with Crippen LogP contribution < -0.4 is 0 Å². The molecule has 1 N–H and O–H groups in total. The maximum atomic E-state index is 10.8. The summed E-state index contributed by atoms with van der Waals surface area (Å²) >= 11 is 0. The third-order valence-electron chi connectivity index (χ3n) is 2.95. The molecule has 1 aliphatic rings. The number of aliphatic carboxylic acids is 1. The monoisotopic (exact) mass is 214 g/mol. The van der Waals surface area contributed by atoms with Gasteiger partial charge in [-0.05, 0) is 18.6 Å². The van der Waals surface area contributed by atoms with Crippen molar-refractivity contribution < 1.29 is 9.90 Å². The van der Waals surface area contributed by atoms with Gasteiger partial charge in [0.15, 0.2) is 0 Å². The fraction of sp³-hybridized carbons (Fsp3) is 0.250. The quantitative estimate of drug-likeness (QED) is 0.828. The van der Waals surface area contributed by atoms with Gasteiger partial charge in [0.2, 0.25) is 0 Å². The molecule has 4 heteroatoms. The molecule has 0 aliphatic heterocycles. The molecule has 1 fully saturated rings. The number of carbonyl (C=O) groups is 1. The highest BCUT2D eigenvalue weighted by Crippen LogP contribution is 2.46. The van der Waals surface area contributed by atoms with E-state index in [2.05, 4.69) is 9.97 Å². The summed E-state index contributed by atoms with van der Waals surface area (Å²) in [6.45, 7) is 0. The molecule has 80 valence electrons. The molecule has 2 unspecified atom stereocenters. The number of fused-ring (bicyclic) bond motifs is 1. The Labute approximate surface area is 92.0 Å². The second-order valence-electron chi connectivity index (χ2n) is 4.07. The lowest BCUT2D eigenvalue weighted by Crippen LogP contribution is -2.00. The third-order valence-corrected chi connectivity index (χ3v) is 2.95. The standard InChI is InChI=1S/C12H10N2O2/c15-12(16)8-5-7(8)11-6-13-9-3-1-2-4-10(9)14-11/h1-4,6-8H,5H2,(H,15,16). The van der Waals surface area contributed by atoms with Gasteiger partial charge in [0.1, 0.15) is 0 Å². The molecule has 3 rings (SSSR count). The number of hydrogen-bond acceptors (Lipinski definition) is 3. The van der Waals surface area contributed by atoms with E-state index in [-0.39, 0.29) is 11.8 Å². The summed E-state index contributed by atoms with van der Waals surface area (Å²) in [6.07, 6.45) is 2.37. The normalized spacial score (nSPS) is 23.2. The number of para-hydroxylation sites is 2. The van der Waals surface area contributed by atoms with Gasteiger partial charge in [0.05, 0.1) is 22.6 Å². The molecule has 2 aromatic rings. The average Bonchev–Trinajstić information content (AvgIpc) is 3.08. The van der Waals surface area contributed by atoms with E-state index < -0.39 is 5.97 Å². The molecule has 16 heavy (non-hydrogen) atoms. The van der Waals surface area contributed by atoms with E-state index in [1.54, 1.807) is 6.20 Å². The summed E-state index contributed by atoms with van der Waals surface area (Å²) in [4.78, 5) is 19.5. The molecule has 0 spiro atoms. The Hall–Kier alpha value is -1.97. The van der Waals surface area contributed by atoms with Gasteiger partial charge in [-0.25, -0.2) is 4.98 Å². The SMILES string of the molecule is O=C(O)C1CC1c1cnc2ccccc2n1. The van der Waals surface area contributed by atoms with Crippen LogP contribution in [0, 0.1) is 5.92 Å². The molecule has 1 aliphatic carbocycles. The van der Waals surface area contributed by atoms with Gasteiger partial charge >= 0.3 is 5.97 Å². The minimum absolute atomic E-state index is 0.0506. The summed E-state index contributed by atoms with van der Waals surface area (Å²) < 4.78 is 0. The summed E-state index contributed by atoms with van der Waals surface area (Å²) in [5.41, 5.74) is 2.47. The van der Waals surface area contributed by atoms with Gasteiger partial charge in [-0.15, -0.1) is 0 Å². The smallest absolute Gasteiger partial charge is 0.307 e. The number of carboxylic acids is 1. The maximum Gasteiger partial charge on any atom is 0.307 e. The van der Waals surface area contributed by atoms with E-state index in [1.807, 2.05) is 24.3 Å². The van der Waals surface area contributed by atoms with Crippen molar-refractivity contribution in [3.05, 3.63) is 36.2 Å². The Morgan fingerprint density at radius 2 is 2.06 bits per heavy atom. The van der Waals surface area contributed by atoms with Crippen molar-refractivity contribution in [2.24, 2.45) is 5.92 Å². The van der Waals surface area contributed by atoms with Crippen LogP contribution in [-0.2, 0) is 4.79 Å². The zero-order valence-corrected chi connectivity index (χ0v) is 8.50. The number of rotatable bonds is 2. The van der Waals surface area contributed by atoms with E-state index in [4.69, 9.17) is 5.11 Å². The number of nitrogens with zero attached hydrogens (tertiary/aromatic N) is 2. The summed E-state index contributed by atoms with van der Waals surface area (Å²) in [5, 5.41) is 8.85. The highest BCUT2D eigenvalue weighted by Gasteiger charge is 2.45. The van der Waals surface area contributed by atoms with Crippen LogP contribution in [0.25, 0.3) is 11.0 Å². The second-order valence-corrected chi connectivity index (χ2v) is 4.07. The summed E-state index contributed by atoms with van der Waals surface area (Å²) in [7, 11) is 0. The number of benzene rings is 1. The minimum Gasteiger partial charge on any atom is -0.481 e. The van der Waals surface area contributed by atoms with Crippen molar-refractivity contribution in [2.75, 3.05) is 0 Å². The zero-order chi connectivity index (χ0) is 11.1. The Kier molecular flexibility index (Phi) is 1.89. The van der Waals surface area contributed by atoms with Gasteiger partial charge in [-0.1, -0.05) is 12.1 Å². The van der Waals surface area contributed by atoms with Crippen LogP contribution >= 0.6 is 0 Å². The molecule has 0 bridgehead atoms. The first kappa shape index (κ1) is 9.27. The van der Waals surface area contributed by atoms with Crippen molar-refractivity contribution in [1.82, 2.24) is 9.97 Å². The highest BCUT2D eigenvalue weighted by molar-refractivity contribution is 5.76. The topological polar surface area (TPSA) is 63.1 Å². The van der Waals surface area contributed by atoms with Gasteiger partial charge < -0.3 is 5.11 Å². The van der Waals surface area contributed by atoms with Gasteiger partial charge in [0.25, 0.3) is 0 Å². The molecule has 2 atom stereocenters. The Bertz CT molecular complexity index is 568. The largest absolute Gasteiger partial charge is 0.481 e. The van der Waals surface area contributed by atoms with Crippen LogP contribution in [-0.4, -0.2) is 21.0 Å². The Morgan fingerprint density at radius 3 is 2.75 bits per heavy atom. The first-order valence-corrected chi connectivity index (χ1v) is 5.20. The lowest BCUT2D eigenvalue weighted by molar-refractivity contribution is -0.138. The lowest BCUT2D eigenvalue weighted by atomic mass is 10.2. The fourth-order valence-corrected chi connectivity index (χ4v) is 1.94. The van der Waals surface area contributed by atoms with E-state index in [0.29, 0.717) is 6.42 Å². The van der Waals surface area contributed by atoms with Crippen LogP contribution in [0.3, 0.4) is 0 Å². The fourth-order valence-electron chi connectivity index (χ4n) is 1.94. The maximum absolute atomic E-state index is 10.8. The number of hydrogen-bond donors (Lipinski definition) is 1. The summed E-state index contributed by atoms with van der Waals surface area (Å²) in [6, 6.07) is 7.61. The van der Waals surface area contributed by atoms with Crippen LogP contribution in [0.2, 0.25) is 0 Å². The number of aromatic nitrogens is 2. The van der Waals surface area contributed by atoms with Crippen molar-refractivity contribution >= 4 is 17.0 Å². The van der Waals surface area contributed by atoms with E-state index in [1.165, 1.54) is 0 Å². The minimum atomic E-state index is -0.736. The Balaban J connectivity index is 1.98. The van der Waals surface area contributed by atoms with Crippen molar-refractivity contribution in [2.45, 2.75) is 12.3 Å². The molecular weight excluding hydrogens is 204 g/mol. The van der Waals surface area contributed by atoms with Crippen LogP contribution in [0.4, 0.5) is 0 Å². The molecule has 0 radical (unpaired) electrons. The molecule has 1 aromatic heterocycles. The van der Waals surface area contributed by atoms with Crippen LogP contribution in [0.5, 0.6) is 0 Å². The second kappa shape index (κ2) is 3.27. The summed E-state index contributed by atoms with van der Waals surface area (Å²) in [5.74, 6) is -0.954. The first-order chi connectivity index (χ1) is 7.75. The van der Waals surface area contributed by atoms with Gasteiger partial charge in [0, 0.05) is 12.1 Å². The predicted octanol–water partition coefficient (Wildman–Crippen LogP) is 1.82.